The summed E-state index contributed by atoms with van der Waals surface area (Å²) in [5, 5.41) is 0. The SMILES string of the molecule is COC(=O)C1(C(=O)OC)CC1/C=C(/C(=O)OC(C)(C)C)[S@@](=O)c1ccc(C)cc1. The fourth-order valence-electron chi connectivity index (χ4n) is 2.91. The molecule has 1 saturated carbocycles. The third kappa shape index (κ3) is 4.93. The van der Waals surface area contributed by atoms with Gasteiger partial charge in [-0.2, -0.15) is 0 Å². The third-order valence-electron chi connectivity index (χ3n) is 4.50. The van der Waals surface area contributed by atoms with Gasteiger partial charge in [0.2, 0.25) is 0 Å². The average molecular weight is 422 g/mol. The van der Waals surface area contributed by atoms with Crippen molar-refractivity contribution in [2.75, 3.05) is 14.2 Å². The third-order valence-corrected chi connectivity index (χ3v) is 5.90. The molecule has 1 aliphatic carbocycles. The van der Waals surface area contributed by atoms with Crippen LogP contribution in [0.1, 0.15) is 32.8 Å². The predicted molar refractivity (Wildman–Crippen MR) is 106 cm³/mol. The van der Waals surface area contributed by atoms with Gasteiger partial charge in [0, 0.05) is 10.8 Å². The molecule has 2 rings (SSSR count). The number of hydrogen-bond acceptors (Lipinski definition) is 7. The summed E-state index contributed by atoms with van der Waals surface area (Å²) < 4.78 is 28.1. The topological polar surface area (TPSA) is 96.0 Å². The highest BCUT2D eigenvalue weighted by Gasteiger charge is 2.67. The Morgan fingerprint density at radius 1 is 1.07 bits per heavy atom. The van der Waals surface area contributed by atoms with Gasteiger partial charge in [-0.15, -0.1) is 0 Å². The summed E-state index contributed by atoms with van der Waals surface area (Å²) in [6, 6.07) is 6.88. The quantitative estimate of drug-likeness (QED) is 0.301. The maximum atomic E-state index is 13.1. The second kappa shape index (κ2) is 8.49. The number of methoxy groups -OCH3 is 2. The van der Waals surface area contributed by atoms with Crippen molar-refractivity contribution in [1.29, 1.82) is 0 Å². The fourth-order valence-corrected chi connectivity index (χ4v) is 4.03. The molecule has 29 heavy (non-hydrogen) atoms. The lowest BCUT2D eigenvalue weighted by Gasteiger charge is -2.20. The van der Waals surface area contributed by atoms with Crippen LogP contribution in [0.4, 0.5) is 0 Å². The molecule has 8 heteroatoms. The van der Waals surface area contributed by atoms with Crippen LogP contribution >= 0.6 is 0 Å². The molecule has 0 bridgehead atoms. The molecule has 2 atom stereocenters. The second-order valence-electron chi connectivity index (χ2n) is 7.88. The lowest BCUT2D eigenvalue weighted by Crippen LogP contribution is -2.30. The molecule has 1 unspecified atom stereocenters. The van der Waals surface area contributed by atoms with Crippen molar-refractivity contribution in [1.82, 2.24) is 0 Å². The molecule has 0 aromatic heterocycles. The Kier molecular flexibility index (Phi) is 6.67. The van der Waals surface area contributed by atoms with Crippen LogP contribution in [-0.4, -0.2) is 41.9 Å². The molecule has 0 spiro atoms. The van der Waals surface area contributed by atoms with E-state index in [9.17, 15) is 18.6 Å². The van der Waals surface area contributed by atoms with Gasteiger partial charge in [0.05, 0.1) is 25.0 Å². The van der Waals surface area contributed by atoms with E-state index in [1.165, 1.54) is 20.3 Å². The van der Waals surface area contributed by atoms with Crippen LogP contribution in [0.15, 0.2) is 40.1 Å². The predicted octanol–water partition coefficient (Wildman–Crippen LogP) is 2.68. The Morgan fingerprint density at radius 3 is 2.03 bits per heavy atom. The van der Waals surface area contributed by atoms with Gasteiger partial charge in [0.25, 0.3) is 0 Å². The number of rotatable bonds is 6. The zero-order chi connectivity index (χ0) is 22.0. The van der Waals surface area contributed by atoms with Crippen molar-refractivity contribution in [2.24, 2.45) is 11.3 Å². The van der Waals surface area contributed by atoms with Gasteiger partial charge in [-0.1, -0.05) is 23.8 Å². The molecule has 0 saturated heterocycles. The number of carbonyl (C=O) groups excluding carboxylic acids is 3. The molecular formula is C21H26O7S. The molecular weight excluding hydrogens is 396 g/mol. The average Bonchev–Trinajstić information content (AvgIpc) is 3.38. The molecule has 0 aliphatic heterocycles. The largest absolute Gasteiger partial charge is 0.468 e. The number of benzene rings is 1. The minimum Gasteiger partial charge on any atom is -0.468 e. The maximum absolute atomic E-state index is 13.1. The minimum absolute atomic E-state index is 0.101. The molecule has 1 aromatic rings. The monoisotopic (exact) mass is 422 g/mol. The van der Waals surface area contributed by atoms with E-state index in [1.54, 1.807) is 45.0 Å². The lowest BCUT2D eigenvalue weighted by atomic mass is 10.0. The molecule has 0 N–H and O–H groups in total. The van der Waals surface area contributed by atoms with E-state index in [1.807, 2.05) is 6.92 Å². The van der Waals surface area contributed by atoms with Crippen LogP contribution in [0.3, 0.4) is 0 Å². The van der Waals surface area contributed by atoms with Gasteiger partial charge in [-0.3, -0.25) is 9.59 Å². The van der Waals surface area contributed by atoms with E-state index in [2.05, 4.69) is 0 Å². The summed E-state index contributed by atoms with van der Waals surface area (Å²) in [5.74, 6) is -2.96. The standard InChI is InChI=1S/C21H26O7S/c1-13-7-9-15(10-8-13)29(25)16(17(22)28-20(2,3)4)11-14-12-21(14,18(23)26-5)19(24)27-6/h7-11,14H,12H2,1-6H3/b16-11-/t14?,29-/m0/s1. The van der Waals surface area contributed by atoms with E-state index in [0.717, 1.165) is 5.56 Å². The summed E-state index contributed by atoms with van der Waals surface area (Å²) in [7, 11) is 0.488. The van der Waals surface area contributed by atoms with E-state index in [0.29, 0.717) is 4.90 Å². The van der Waals surface area contributed by atoms with Crippen LogP contribution in [0, 0.1) is 18.3 Å². The Morgan fingerprint density at radius 2 is 1.59 bits per heavy atom. The first-order valence-corrected chi connectivity index (χ1v) is 10.2. The number of allylic oxidation sites excluding steroid dienone is 1. The highest BCUT2D eigenvalue weighted by atomic mass is 32.2. The zero-order valence-corrected chi connectivity index (χ0v) is 18.3. The van der Waals surface area contributed by atoms with Crippen LogP contribution in [0.2, 0.25) is 0 Å². The summed E-state index contributed by atoms with van der Waals surface area (Å²) >= 11 is 0. The number of carbonyl (C=O) groups is 3. The van der Waals surface area contributed by atoms with Crippen molar-refractivity contribution in [3.63, 3.8) is 0 Å². The van der Waals surface area contributed by atoms with E-state index in [-0.39, 0.29) is 11.3 Å². The van der Waals surface area contributed by atoms with Gasteiger partial charge >= 0.3 is 17.9 Å². The van der Waals surface area contributed by atoms with Crippen LogP contribution in [0.25, 0.3) is 0 Å². The number of ether oxygens (including phenoxy) is 3. The van der Waals surface area contributed by atoms with Crippen molar-refractivity contribution in [3.05, 3.63) is 40.8 Å². The Balaban J connectivity index is 2.46. The van der Waals surface area contributed by atoms with Crippen LogP contribution < -0.4 is 0 Å². The molecule has 7 nitrogen and oxygen atoms in total. The Hall–Kier alpha value is -2.48. The molecule has 1 aliphatic rings. The molecule has 0 heterocycles. The number of esters is 3. The number of hydrogen-bond donors (Lipinski definition) is 0. The zero-order valence-electron chi connectivity index (χ0n) is 17.4. The summed E-state index contributed by atoms with van der Waals surface area (Å²) in [6.07, 6.45) is 1.47. The smallest absolute Gasteiger partial charge is 0.347 e. The Bertz CT molecular complexity index is 846. The lowest BCUT2D eigenvalue weighted by molar-refractivity contribution is -0.162. The fraction of sp³-hybridized carbons (Fsp3) is 0.476. The Labute approximate surface area is 172 Å². The summed E-state index contributed by atoms with van der Waals surface area (Å²) in [6.45, 7) is 6.98. The minimum atomic E-state index is -1.86. The van der Waals surface area contributed by atoms with Gasteiger partial charge in [-0.25, -0.2) is 9.00 Å². The van der Waals surface area contributed by atoms with Crippen LogP contribution in [0.5, 0.6) is 0 Å². The second-order valence-corrected chi connectivity index (χ2v) is 9.33. The van der Waals surface area contributed by atoms with E-state index >= 15 is 0 Å². The van der Waals surface area contributed by atoms with Crippen molar-refractivity contribution >= 4 is 28.7 Å². The van der Waals surface area contributed by atoms with E-state index < -0.39 is 45.6 Å². The van der Waals surface area contributed by atoms with Gasteiger partial charge in [0.15, 0.2) is 5.41 Å². The summed E-state index contributed by atoms with van der Waals surface area (Å²) in [4.78, 5) is 37.5. The van der Waals surface area contributed by atoms with Gasteiger partial charge in [0.1, 0.15) is 10.5 Å². The normalized spacial score (nSPS) is 19.1. The van der Waals surface area contributed by atoms with Crippen molar-refractivity contribution in [2.45, 2.75) is 44.6 Å². The van der Waals surface area contributed by atoms with Gasteiger partial charge in [-0.05, 0) is 46.2 Å². The van der Waals surface area contributed by atoms with Crippen LogP contribution in [-0.2, 0) is 39.4 Å². The van der Waals surface area contributed by atoms with Gasteiger partial charge < -0.3 is 14.2 Å². The molecule has 0 amide bonds. The van der Waals surface area contributed by atoms with Crippen molar-refractivity contribution in [3.8, 4) is 0 Å². The van der Waals surface area contributed by atoms with Crippen molar-refractivity contribution < 1.29 is 32.8 Å². The molecule has 0 radical (unpaired) electrons. The molecule has 1 fully saturated rings. The first-order chi connectivity index (χ1) is 13.5. The number of aryl methyl sites for hydroxylation is 1. The first kappa shape index (κ1) is 22.8. The summed E-state index contributed by atoms with van der Waals surface area (Å²) in [5.41, 5.74) is -1.36. The highest BCUT2D eigenvalue weighted by Crippen LogP contribution is 2.56. The maximum Gasteiger partial charge on any atom is 0.347 e. The molecule has 1 aromatic carbocycles. The first-order valence-electron chi connectivity index (χ1n) is 9.06. The molecule has 158 valence electrons. The van der Waals surface area contributed by atoms with E-state index in [4.69, 9.17) is 14.2 Å². The highest BCUT2D eigenvalue weighted by molar-refractivity contribution is 7.90.